The Labute approximate surface area is 129 Å². The topological polar surface area (TPSA) is 52.9 Å². The number of carbonyl (C=O) groups is 1. The van der Waals surface area contributed by atoms with Crippen LogP contribution in [0.1, 0.15) is 36.9 Å². The highest BCUT2D eigenvalue weighted by Gasteiger charge is 2.32. The number of amides is 1. The van der Waals surface area contributed by atoms with Crippen LogP contribution in [0, 0.1) is 0 Å². The van der Waals surface area contributed by atoms with Crippen LogP contribution in [0.25, 0.3) is 0 Å². The minimum atomic E-state index is -0.108. The van der Waals surface area contributed by atoms with Gasteiger partial charge in [0, 0.05) is 18.4 Å². The number of benzene rings is 2. The third-order valence-corrected chi connectivity index (χ3v) is 3.87. The van der Waals surface area contributed by atoms with Gasteiger partial charge in [-0.3, -0.25) is 4.79 Å². The van der Waals surface area contributed by atoms with Gasteiger partial charge in [-0.05, 0) is 17.7 Å². The summed E-state index contributed by atoms with van der Waals surface area (Å²) >= 11 is 0. The predicted molar refractivity (Wildman–Crippen MR) is 85.6 cm³/mol. The first-order valence-corrected chi connectivity index (χ1v) is 7.43. The van der Waals surface area contributed by atoms with Crippen LogP contribution >= 0.6 is 0 Å². The monoisotopic (exact) mass is 294 g/mol. The minimum absolute atomic E-state index is 0.0146. The standard InChI is InChI=1S/C18H18N2O2/c1-2-18(22)20-16(13-8-4-3-5-9-13)12-15(19-20)14-10-6-7-11-17(14)21/h3-11,16,21H,2,12H2,1H3/t16-/m0/s1. The lowest BCUT2D eigenvalue weighted by Crippen LogP contribution is -2.26. The van der Waals surface area contributed by atoms with Gasteiger partial charge in [-0.15, -0.1) is 0 Å². The molecule has 0 bridgehead atoms. The van der Waals surface area contributed by atoms with Crippen LogP contribution in [0.15, 0.2) is 59.7 Å². The van der Waals surface area contributed by atoms with Crippen LogP contribution < -0.4 is 0 Å². The molecule has 112 valence electrons. The fraction of sp³-hybridized carbons (Fsp3) is 0.222. The van der Waals surface area contributed by atoms with Gasteiger partial charge >= 0.3 is 0 Å². The Morgan fingerprint density at radius 2 is 1.86 bits per heavy atom. The van der Waals surface area contributed by atoms with Crippen LogP contribution in [0.2, 0.25) is 0 Å². The van der Waals surface area contributed by atoms with Gasteiger partial charge in [0.05, 0.1) is 11.8 Å². The van der Waals surface area contributed by atoms with Crippen LogP contribution in [-0.4, -0.2) is 21.7 Å². The molecule has 0 saturated heterocycles. The molecule has 0 aromatic heterocycles. The van der Waals surface area contributed by atoms with Gasteiger partial charge in [-0.2, -0.15) is 5.10 Å². The molecule has 4 heteroatoms. The van der Waals surface area contributed by atoms with Gasteiger partial charge in [0.1, 0.15) is 5.75 Å². The van der Waals surface area contributed by atoms with E-state index in [1.165, 1.54) is 0 Å². The molecule has 2 aromatic carbocycles. The Morgan fingerprint density at radius 1 is 1.18 bits per heavy atom. The zero-order valence-corrected chi connectivity index (χ0v) is 12.4. The van der Waals surface area contributed by atoms with E-state index in [2.05, 4.69) is 5.10 Å². The minimum Gasteiger partial charge on any atom is -0.507 e. The molecule has 0 saturated carbocycles. The number of phenolic OH excluding ortho intramolecular Hbond substituents is 1. The normalized spacial score (nSPS) is 17.4. The number of nitrogens with zero attached hydrogens (tertiary/aromatic N) is 2. The van der Waals surface area contributed by atoms with Gasteiger partial charge in [0.2, 0.25) is 5.91 Å². The average molecular weight is 294 g/mol. The van der Waals surface area contributed by atoms with E-state index in [1.807, 2.05) is 49.4 Å². The lowest BCUT2D eigenvalue weighted by molar-refractivity contribution is -0.132. The number of hydrogen-bond donors (Lipinski definition) is 1. The van der Waals surface area contributed by atoms with Crippen molar-refractivity contribution in [3.05, 3.63) is 65.7 Å². The summed E-state index contributed by atoms with van der Waals surface area (Å²) in [5.74, 6) is 0.179. The van der Waals surface area contributed by atoms with E-state index < -0.39 is 0 Å². The molecule has 1 aliphatic heterocycles. The fourth-order valence-corrected chi connectivity index (χ4v) is 2.72. The van der Waals surface area contributed by atoms with Crippen LogP contribution in [0.4, 0.5) is 0 Å². The summed E-state index contributed by atoms with van der Waals surface area (Å²) < 4.78 is 0. The van der Waals surface area contributed by atoms with Crippen molar-refractivity contribution in [3.63, 3.8) is 0 Å². The molecule has 3 rings (SSSR count). The summed E-state index contributed by atoms with van der Waals surface area (Å²) in [7, 11) is 0. The molecule has 22 heavy (non-hydrogen) atoms. The van der Waals surface area contributed by atoms with Crippen molar-refractivity contribution in [1.29, 1.82) is 0 Å². The van der Waals surface area contributed by atoms with Crippen LogP contribution in [-0.2, 0) is 4.79 Å². The van der Waals surface area contributed by atoms with Crippen molar-refractivity contribution < 1.29 is 9.90 Å². The van der Waals surface area contributed by atoms with E-state index in [0.717, 1.165) is 11.3 Å². The maximum atomic E-state index is 12.2. The van der Waals surface area contributed by atoms with E-state index in [9.17, 15) is 9.90 Å². The highest BCUT2D eigenvalue weighted by molar-refractivity contribution is 6.05. The number of hydrogen-bond acceptors (Lipinski definition) is 3. The Hall–Kier alpha value is -2.62. The third-order valence-electron chi connectivity index (χ3n) is 3.87. The second-order valence-electron chi connectivity index (χ2n) is 5.29. The van der Waals surface area contributed by atoms with Gasteiger partial charge in [0.25, 0.3) is 0 Å². The Morgan fingerprint density at radius 3 is 2.55 bits per heavy atom. The molecule has 1 aliphatic rings. The number of rotatable bonds is 3. The van der Waals surface area contributed by atoms with Crippen LogP contribution in [0.3, 0.4) is 0 Å². The second kappa shape index (κ2) is 6.02. The zero-order valence-electron chi connectivity index (χ0n) is 12.4. The summed E-state index contributed by atoms with van der Waals surface area (Å²) in [4.78, 5) is 12.2. The molecule has 1 atom stereocenters. The molecule has 4 nitrogen and oxygen atoms in total. The van der Waals surface area contributed by atoms with Gasteiger partial charge in [-0.25, -0.2) is 5.01 Å². The molecule has 0 spiro atoms. The van der Waals surface area contributed by atoms with E-state index >= 15 is 0 Å². The first-order chi connectivity index (χ1) is 10.7. The molecule has 2 aromatic rings. The predicted octanol–water partition coefficient (Wildman–Crippen LogP) is 3.48. The van der Waals surface area contributed by atoms with Crippen molar-refractivity contribution in [2.45, 2.75) is 25.8 Å². The first-order valence-electron chi connectivity index (χ1n) is 7.43. The highest BCUT2D eigenvalue weighted by Crippen LogP contribution is 2.34. The average Bonchev–Trinajstić information content (AvgIpc) is 3.00. The summed E-state index contributed by atoms with van der Waals surface area (Å²) in [5.41, 5.74) is 2.49. The van der Waals surface area contributed by atoms with Crippen molar-refractivity contribution in [3.8, 4) is 5.75 Å². The van der Waals surface area contributed by atoms with E-state index in [1.54, 1.807) is 17.1 Å². The first kappa shape index (κ1) is 14.3. The largest absolute Gasteiger partial charge is 0.507 e. The molecule has 0 aliphatic carbocycles. The number of aromatic hydroxyl groups is 1. The quantitative estimate of drug-likeness (QED) is 0.942. The Balaban J connectivity index is 1.98. The van der Waals surface area contributed by atoms with Crippen molar-refractivity contribution in [2.75, 3.05) is 0 Å². The number of hydrazone groups is 1. The number of carbonyl (C=O) groups excluding carboxylic acids is 1. The molecular weight excluding hydrogens is 276 g/mol. The molecule has 0 unspecified atom stereocenters. The van der Waals surface area contributed by atoms with E-state index in [4.69, 9.17) is 0 Å². The number of phenols is 1. The highest BCUT2D eigenvalue weighted by atomic mass is 16.3. The van der Waals surface area contributed by atoms with Crippen LogP contribution in [0.5, 0.6) is 5.75 Å². The number of para-hydroxylation sites is 1. The lowest BCUT2D eigenvalue weighted by atomic mass is 9.98. The van der Waals surface area contributed by atoms with Gasteiger partial charge < -0.3 is 5.11 Å². The van der Waals surface area contributed by atoms with Crippen molar-refractivity contribution >= 4 is 11.6 Å². The second-order valence-corrected chi connectivity index (χ2v) is 5.29. The molecule has 0 radical (unpaired) electrons. The van der Waals surface area contributed by atoms with Crippen molar-refractivity contribution in [1.82, 2.24) is 5.01 Å². The maximum Gasteiger partial charge on any atom is 0.242 e. The van der Waals surface area contributed by atoms with Gasteiger partial charge in [0.15, 0.2) is 0 Å². The molecule has 1 N–H and O–H groups in total. The van der Waals surface area contributed by atoms with E-state index in [0.29, 0.717) is 18.4 Å². The van der Waals surface area contributed by atoms with E-state index in [-0.39, 0.29) is 17.7 Å². The smallest absolute Gasteiger partial charge is 0.242 e. The third kappa shape index (κ3) is 2.60. The maximum absolute atomic E-state index is 12.2. The van der Waals surface area contributed by atoms with Gasteiger partial charge in [-0.1, -0.05) is 49.4 Å². The molecule has 1 heterocycles. The Kier molecular flexibility index (Phi) is 3.92. The fourth-order valence-electron chi connectivity index (χ4n) is 2.72. The molecular formula is C18H18N2O2. The molecule has 0 fully saturated rings. The zero-order chi connectivity index (χ0) is 15.5. The summed E-state index contributed by atoms with van der Waals surface area (Å²) in [6.45, 7) is 1.83. The van der Waals surface area contributed by atoms with Crippen molar-refractivity contribution in [2.24, 2.45) is 5.10 Å². The molecule has 1 amide bonds. The Bertz CT molecular complexity index is 710. The summed E-state index contributed by atoms with van der Waals surface area (Å²) in [6, 6.07) is 16.9. The summed E-state index contributed by atoms with van der Waals surface area (Å²) in [6.07, 6.45) is 1.01. The lowest BCUT2D eigenvalue weighted by Gasteiger charge is -2.21. The SMILES string of the molecule is CCC(=O)N1N=C(c2ccccc2O)C[C@H]1c1ccccc1. The summed E-state index contributed by atoms with van der Waals surface area (Å²) in [5, 5.41) is 16.1.